The summed E-state index contributed by atoms with van der Waals surface area (Å²) >= 11 is 0. The smallest absolute Gasteiger partial charge is 0.405 e. The van der Waals surface area contributed by atoms with E-state index < -0.39 is 39.5 Å². The Morgan fingerprint density at radius 2 is 1.68 bits per heavy atom. The highest BCUT2D eigenvalue weighted by Crippen LogP contribution is 2.16. The molecule has 9 nitrogen and oxygen atoms in total. The van der Waals surface area contributed by atoms with Crippen LogP contribution in [0.2, 0.25) is 0 Å². The monoisotopic (exact) mass is 497 g/mol. The van der Waals surface area contributed by atoms with Gasteiger partial charge in [-0.05, 0) is 42.5 Å². The highest BCUT2D eigenvalue weighted by Gasteiger charge is 2.28. The maximum absolute atomic E-state index is 12.4. The minimum absolute atomic E-state index is 0.0339. The second-order valence-corrected chi connectivity index (χ2v) is 8.44. The largest absolute Gasteiger partial charge is 0.486 e. The number of hydrogen-bond donors (Lipinski definition) is 3. The Morgan fingerprint density at radius 1 is 0.941 bits per heavy atom. The molecule has 2 amide bonds. The number of alkyl halides is 3. The number of sulfonamides is 1. The van der Waals surface area contributed by atoms with E-state index in [2.05, 4.69) is 0 Å². The Balaban J connectivity index is 1.58. The first-order valence-electron chi connectivity index (χ1n) is 9.57. The fourth-order valence-electron chi connectivity index (χ4n) is 2.57. The molecule has 0 spiro atoms. The predicted octanol–water partition coefficient (Wildman–Crippen LogP) is 2.77. The van der Waals surface area contributed by atoms with Crippen LogP contribution in [0.1, 0.15) is 26.7 Å². The summed E-state index contributed by atoms with van der Waals surface area (Å²) in [5.74, 6) is -1.32. The molecule has 34 heavy (non-hydrogen) atoms. The van der Waals surface area contributed by atoms with E-state index in [9.17, 15) is 31.2 Å². The van der Waals surface area contributed by atoms with Gasteiger partial charge in [0.25, 0.3) is 15.9 Å². The van der Waals surface area contributed by atoms with Crippen molar-refractivity contribution < 1.29 is 40.3 Å². The first kappa shape index (κ1) is 24.8. The number of benzene rings is 2. The van der Waals surface area contributed by atoms with Crippen molar-refractivity contribution in [3.05, 3.63) is 83.8 Å². The third-order valence-electron chi connectivity index (χ3n) is 4.16. The van der Waals surface area contributed by atoms with Crippen molar-refractivity contribution in [2.24, 2.45) is 0 Å². The lowest BCUT2D eigenvalue weighted by molar-refractivity contribution is -0.123. The Bertz CT molecular complexity index is 1260. The van der Waals surface area contributed by atoms with Gasteiger partial charge < -0.3 is 14.5 Å². The molecule has 3 aromatic rings. The standard InChI is InChI=1S/C21H18F3N3O6S/c22-21(23,24)13-25-19(28)14-5-4-8-17(11-14)34(30,31)27-26-20(29)18-10-9-16(33-18)12-32-15-6-2-1-3-7-15/h1-11,27H,12-13H2,(H,25,28)(H,26,29). The number of ether oxygens (including phenoxy) is 1. The molecule has 0 fully saturated rings. The zero-order chi connectivity index (χ0) is 24.8. The summed E-state index contributed by atoms with van der Waals surface area (Å²) in [5, 5.41) is 1.64. The lowest BCUT2D eigenvalue weighted by Crippen LogP contribution is -2.41. The Morgan fingerprint density at radius 3 is 2.38 bits per heavy atom. The van der Waals surface area contributed by atoms with Gasteiger partial charge in [-0.25, -0.2) is 8.42 Å². The maximum atomic E-state index is 12.4. The molecule has 0 saturated heterocycles. The minimum Gasteiger partial charge on any atom is -0.486 e. The van der Waals surface area contributed by atoms with Crippen LogP contribution in [0, 0.1) is 0 Å². The van der Waals surface area contributed by atoms with Crippen LogP contribution in [0.25, 0.3) is 0 Å². The lowest BCUT2D eigenvalue weighted by Gasteiger charge is -2.10. The van der Waals surface area contributed by atoms with Crippen LogP contribution in [-0.2, 0) is 16.6 Å². The van der Waals surface area contributed by atoms with Crippen LogP contribution in [0.5, 0.6) is 5.75 Å². The number of nitrogens with one attached hydrogen (secondary N) is 3. The summed E-state index contributed by atoms with van der Waals surface area (Å²) < 4.78 is 72.5. The normalized spacial score (nSPS) is 11.6. The molecule has 3 N–H and O–H groups in total. The quantitative estimate of drug-likeness (QED) is 0.390. The average molecular weight is 497 g/mol. The van der Waals surface area contributed by atoms with Gasteiger partial charge in [0.1, 0.15) is 24.7 Å². The zero-order valence-corrected chi connectivity index (χ0v) is 18.1. The summed E-state index contributed by atoms with van der Waals surface area (Å²) in [4.78, 5) is 25.4. The van der Waals surface area contributed by atoms with E-state index in [0.717, 1.165) is 18.2 Å². The minimum atomic E-state index is -4.62. The van der Waals surface area contributed by atoms with E-state index in [4.69, 9.17) is 9.15 Å². The molecule has 180 valence electrons. The van der Waals surface area contributed by atoms with Gasteiger partial charge in [0.2, 0.25) is 0 Å². The maximum Gasteiger partial charge on any atom is 0.405 e. The molecule has 0 aliphatic rings. The predicted molar refractivity (Wildman–Crippen MR) is 112 cm³/mol. The van der Waals surface area contributed by atoms with Crippen LogP contribution in [0.3, 0.4) is 0 Å². The summed E-state index contributed by atoms with van der Waals surface area (Å²) in [6, 6.07) is 15.9. The van der Waals surface area contributed by atoms with Gasteiger partial charge in [-0.1, -0.05) is 24.3 Å². The topological polar surface area (TPSA) is 127 Å². The van der Waals surface area contributed by atoms with Crippen LogP contribution < -0.4 is 20.3 Å². The number of carbonyl (C=O) groups excluding carboxylic acids is 2. The van der Waals surface area contributed by atoms with Gasteiger partial charge in [0.15, 0.2) is 5.76 Å². The first-order valence-corrected chi connectivity index (χ1v) is 11.1. The molecule has 1 aromatic heterocycles. The molecular weight excluding hydrogens is 479 g/mol. The van der Waals surface area contributed by atoms with Crippen molar-refractivity contribution in [2.75, 3.05) is 6.54 Å². The van der Waals surface area contributed by atoms with Crippen molar-refractivity contribution in [2.45, 2.75) is 17.7 Å². The number of hydrogen-bond acceptors (Lipinski definition) is 6. The number of rotatable bonds is 9. The number of amides is 2. The van der Waals surface area contributed by atoms with E-state index in [-0.39, 0.29) is 17.9 Å². The van der Waals surface area contributed by atoms with E-state index in [1.165, 1.54) is 18.2 Å². The molecule has 0 aliphatic heterocycles. The number of para-hydroxylation sites is 1. The number of hydrazine groups is 1. The van der Waals surface area contributed by atoms with Crippen LogP contribution in [0.4, 0.5) is 13.2 Å². The van der Waals surface area contributed by atoms with Gasteiger partial charge in [-0.15, -0.1) is 4.83 Å². The fourth-order valence-corrected chi connectivity index (χ4v) is 3.45. The van der Waals surface area contributed by atoms with Gasteiger partial charge in [-0.3, -0.25) is 15.0 Å². The van der Waals surface area contributed by atoms with Crippen molar-refractivity contribution in [3.8, 4) is 5.75 Å². The Kier molecular flexibility index (Phi) is 7.58. The molecule has 3 rings (SSSR count). The fraction of sp³-hybridized carbons (Fsp3) is 0.143. The van der Waals surface area contributed by atoms with Crippen LogP contribution in [-0.4, -0.2) is 33.0 Å². The highest BCUT2D eigenvalue weighted by molar-refractivity contribution is 7.89. The molecule has 0 bridgehead atoms. The summed E-state index contributed by atoms with van der Waals surface area (Å²) in [5.41, 5.74) is 1.65. The SMILES string of the molecule is O=C(NCC(F)(F)F)c1cccc(S(=O)(=O)NNC(=O)c2ccc(COc3ccccc3)o2)c1. The first-order chi connectivity index (χ1) is 16.0. The van der Waals surface area contributed by atoms with Crippen molar-refractivity contribution >= 4 is 21.8 Å². The second-order valence-electron chi connectivity index (χ2n) is 6.75. The number of carbonyl (C=O) groups is 2. The van der Waals surface area contributed by atoms with Crippen molar-refractivity contribution in [1.29, 1.82) is 0 Å². The van der Waals surface area contributed by atoms with E-state index in [1.807, 2.05) is 16.3 Å². The molecule has 0 aliphatic carbocycles. The molecule has 0 saturated carbocycles. The molecule has 13 heteroatoms. The zero-order valence-electron chi connectivity index (χ0n) is 17.3. The Labute approximate surface area is 191 Å². The van der Waals surface area contributed by atoms with Crippen molar-refractivity contribution in [3.63, 3.8) is 0 Å². The van der Waals surface area contributed by atoms with Crippen LogP contribution in [0.15, 0.2) is 76.0 Å². The molecule has 2 aromatic carbocycles. The Hall–Kier alpha value is -3.84. The third kappa shape index (κ3) is 7.08. The third-order valence-corrected chi connectivity index (χ3v) is 5.41. The van der Waals surface area contributed by atoms with E-state index in [1.54, 1.807) is 29.6 Å². The van der Waals surface area contributed by atoms with Gasteiger partial charge in [0, 0.05) is 5.56 Å². The number of furan rings is 1. The van der Waals surface area contributed by atoms with Crippen molar-refractivity contribution in [1.82, 2.24) is 15.6 Å². The average Bonchev–Trinajstić information content (AvgIpc) is 3.29. The molecular formula is C21H18F3N3O6S. The number of halogens is 3. The van der Waals surface area contributed by atoms with Gasteiger partial charge in [-0.2, -0.15) is 13.2 Å². The summed E-state index contributed by atoms with van der Waals surface area (Å²) in [6.45, 7) is -1.54. The summed E-state index contributed by atoms with van der Waals surface area (Å²) in [7, 11) is -4.35. The molecule has 0 unspecified atom stereocenters. The highest BCUT2D eigenvalue weighted by atomic mass is 32.2. The molecule has 1 heterocycles. The van der Waals surface area contributed by atoms with E-state index in [0.29, 0.717) is 11.5 Å². The lowest BCUT2D eigenvalue weighted by atomic mass is 10.2. The van der Waals surface area contributed by atoms with E-state index >= 15 is 0 Å². The van der Waals surface area contributed by atoms with Gasteiger partial charge >= 0.3 is 12.1 Å². The second kappa shape index (κ2) is 10.4. The molecule has 0 radical (unpaired) electrons. The summed E-state index contributed by atoms with van der Waals surface area (Å²) in [6.07, 6.45) is -4.62. The molecule has 0 atom stereocenters. The van der Waals surface area contributed by atoms with Gasteiger partial charge in [0.05, 0.1) is 4.90 Å². The van der Waals surface area contributed by atoms with Crippen LogP contribution >= 0.6 is 0 Å².